The van der Waals surface area contributed by atoms with E-state index in [4.69, 9.17) is 11.6 Å². The molecule has 2 aliphatic rings. The van der Waals surface area contributed by atoms with Crippen LogP contribution >= 0.6 is 48.2 Å². The van der Waals surface area contributed by atoms with Gasteiger partial charge in [0.2, 0.25) is 5.91 Å². The first-order chi connectivity index (χ1) is 11.6. The Balaban J connectivity index is 0.00000169. The molecule has 0 spiro atoms. The zero-order valence-corrected chi connectivity index (χ0v) is 17.7. The molecule has 1 aromatic carbocycles. The van der Waals surface area contributed by atoms with Gasteiger partial charge in [0.15, 0.2) is 0 Å². The molecule has 0 aliphatic carbocycles. The average molecular weight is 445 g/mol. The van der Waals surface area contributed by atoms with Crippen molar-refractivity contribution in [2.75, 3.05) is 44.2 Å². The number of halogens is 4. The molecule has 148 valence electrons. The molecule has 0 saturated carbocycles. The Morgan fingerprint density at radius 1 is 1.27 bits per heavy atom. The molecular formula is C17H25Cl3FN3OS. The van der Waals surface area contributed by atoms with Crippen molar-refractivity contribution in [1.29, 1.82) is 0 Å². The molecule has 0 aromatic heterocycles. The quantitative estimate of drug-likeness (QED) is 0.774. The molecule has 2 heterocycles. The molecule has 2 saturated heterocycles. The van der Waals surface area contributed by atoms with Gasteiger partial charge in [-0.1, -0.05) is 17.7 Å². The van der Waals surface area contributed by atoms with E-state index in [-0.39, 0.29) is 36.5 Å². The van der Waals surface area contributed by atoms with Gasteiger partial charge in [-0.2, -0.15) is 11.8 Å². The predicted molar refractivity (Wildman–Crippen MR) is 111 cm³/mol. The van der Waals surface area contributed by atoms with E-state index in [0.29, 0.717) is 42.7 Å². The Hall–Kier alpha value is -0.240. The summed E-state index contributed by atoms with van der Waals surface area (Å²) in [7, 11) is 0. The molecule has 26 heavy (non-hydrogen) atoms. The number of hydrogen-bond donors (Lipinski definition) is 1. The van der Waals surface area contributed by atoms with Crippen molar-refractivity contribution in [3.05, 3.63) is 34.6 Å². The van der Waals surface area contributed by atoms with Crippen molar-refractivity contribution in [3.63, 3.8) is 0 Å². The summed E-state index contributed by atoms with van der Waals surface area (Å²) in [5.41, 5.74) is 0.544. The molecule has 2 aliphatic heterocycles. The van der Waals surface area contributed by atoms with Crippen LogP contribution in [0.3, 0.4) is 0 Å². The van der Waals surface area contributed by atoms with Crippen molar-refractivity contribution in [2.24, 2.45) is 0 Å². The van der Waals surface area contributed by atoms with E-state index >= 15 is 0 Å². The third-order valence-electron chi connectivity index (χ3n) is 4.59. The molecule has 1 unspecified atom stereocenters. The summed E-state index contributed by atoms with van der Waals surface area (Å²) < 4.78 is 13.9. The van der Waals surface area contributed by atoms with Crippen LogP contribution in [0.1, 0.15) is 12.0 Å². The maximum atomic E-state index is 13.9. The van der Waals surface area contributed by atoms with Gasteiger partial charge >= 0.3 is 0 Å². The van der Waals surface area contributed by atoms with Crippen molar-refractivity contribution >= 4 is 54.1 Å². The average Bonchev–Trinajstić information content (AvgIpc) is 2.60. The highest BCUT2D eigenvalue weighted by atomic mass is 35.5. The second kappa shape index (κ2) is 11.6. The van der Waals surface area contributed by atoms with Crippen molar-refractivity contribution in [3.8, 4) is 0 Å². The number of benzene rings is 1. The summed E-state index contributed by atoms with van der Waals surface area (Å²) >= 11 is 8.00. The minimum Gasteiger partial charge on any atom is -0.340 e. The van der Waals surface area contributed by atoms with Gasteiger partial charge in [0.05, 0.1) is 0 Å². The van der Waals surface area contributed by atoms with Gasteiger partial charge in [-0.25, -0.2) is 4.39 Å². The van der Waals surface area contributed by atoms with E-state index in [1.165, 1.54) is 6.07 Å². The van der Waals surface area contributed by atoms with E-state index in [9.17, 15) is 9.18 Å². The standard InChI is InChI=1S/C17H23ClFN3OS.2ClH/c18-15-2-1-3-16(19)14(15)11-21-5-7-22(8-6-21)17(23)10-13-12-24-9-4-20-13;;/h1-3,13,20H,4-12H2;2*1H. The first-order valence-corrected chi connectivity index (χ1v) is 9.91. The lowest BCUT2D eigenvalue weighted by molar-refractivity contribution is -0.133. The first-order valence-electron chi connectivity index (χ1n) is 8.37. The molecule has 1 atom stereocenters. The number of carbonyl (C=O) groups is 1. The van der Waals surface area contributed by atoms with Crippen molar-refractivity contribution < 1.29 is 9.18 Å². The topological polar surface area (TPSA) is 35.6 Å². The van der Waals surface area contributed by atoms with Crippen LogP contribution in [0.15, 0.2) is 18.2 Å². The normalized spacial score (nSPS) is 20.8. The maximum absolute atomic E-state index is 13.9. The summed E-state index contributed by atoms with van der Waals surface area (Å²) in [6, 6.07) is 5.08. The molecular weight excluding hydrogens is 420 g/mol. The fourth-order valence-electron chi connectivity index (χ4n) is 3.15. The smallest absolute Gasteiger partial charge is 0.224 e. The molecule has 4 nitrogen and oxygen atoms in total. The molecule has 0 bridgehead atoms. The molecule has 0 radical (unpaired) electrons. The fraction of sp³-hybridized carbons (Fsp3) is 0.588. The van der Waals surface area contributed by atoms with E-state index in [1.807, 2.05) is 16.7 Å². The Morgan fingerprint density at radius 2 is 2.00 bits per heavy atom. The summed E-state index contributed by atoms with van der Waals surface area (Å²) in [5, 5.41) is 3.87. The minimum absolute atomic E-state index is 0. The Morgan fingerprint density at radius 3 is 2.62 bits per heavy atom. The summed E-state index contributed by atoms with van der Waals surface area (Å²) in [4.78, 5) is 16.5. The predicted octanol–water partition coefficient (Wildman–Crippen LogP) is 3.06. The molecule has 3 rings (SSSR count). The van der Waals surface area contributed by atoms with E-state index in [1.54, 1.807) is 12.1 Å². The third-order valence-corrected chi connectivity index (χ3v) is 6.07. The Labute approximate surface area is 176 Å². The number of carbonyl (C=O) groups excluding carboxylic acids is 1. The van der Waals surface area contributed by atoms with Gasteiger partial charge in [-0.15, -0.1) is 24.8 Å². The van der Waals surface area contributed by atoms with E-state index < -0.39 is 0 Å². The van der Waals surface area contributed by atoms with Crippen LogP contribution in [0.25, 0.3) is 0 Å². The van der Waals surface area contributed by atoms with Crippen LogP contribution in [0.4, 0.5) is 4.39 Å². The van der Waals surface area contributed by atoms with Gasteiger partial charge in [0.1, 0.15) is 5.82 Å². The Kier molecular flexibility index (Phi) is 10.6. The number of nitrogens with one attached hydrogen (secondary N) is 1. The first kappa shape index (κ1) is 23.8. The van der Waals surface area contributed by atoms with Crippen LogP contribution < -0.4 is 5.32 Å². The second-order valence-corrected chi connectivity index (χ2v) is 7.84. The molecule has 1 amide bonds. The lowest BCUT2D eigenvalue weighted by Gasteiger charge is -2.36. The highest BCUT2D eigenvalue weighted by Crippen LogP contribution is 2.21. The van der Waals surface area contributed by atoms with Crippen LogP contribution in [-0.2, 0) is 11.3 Å². The Bertz CT molecular complexity index is 562. The van der Waals surface area contributed by atoms with E-state index in [0.717, 1.165) is 31.1 Å². The van der Waals surface area contributed by atoms with Gasteiger partial charge in [-0.3, -0.25) is 9.69 Å². The lowest BCUT2D eigenvalue weighted by Crippen LogP contribution is -2.50. The number of rotatable bonds is 4. The number of piperazine rings is 1. The number of amides is 1. The number of nitrogens with zero attached hydrogens (tertiary/aromatic N) is 2. The molecule has 9 heteroatoms. The van der Waals surface area contributed by atoms with Crippen LogP contribution in [0.5, 0.6) is 0 Å². The van der Waals surface area contributed by atoms with Gasteiger partial charge in [0.25, 0.3) is 0 Å². The van der Waals surface area contributed by atoms with Crippen LogP contribution in [0.2, 0.25) is 5.02 Å². The largest absolute Gasteiger partial charge is 0.340 e. The van der Waals surface area contributed by atoms with Crippen LogP contribution in [-0.4, -0.2) is 66.0 Å². The minimum atomic E-state index is -0.262. The number of thioether (sulfide) groups is 1. The zero-order valence-electron chi connectivity index (χ0n) is 14.5. The molecule has 1 N–H and O–H groups in total. The second-order valence-electron chi connectivity index (χ2n) is 6.29. The molecule has 1 aromatic rings. The van der Waals surface area contributed by atoms with E-state index in [2.05, 4.69) is 10.2 Å². The van der Waals surface area contributed by atoms with Gasteiger partial charge in [-0.05, 0) is 12.1 Å². The monoisotopic (exact) mass is 443 g/mol. The SMILES string of the molecule is Cl.Cl.O=C(CC1CSCCN1)N1CCN(Cc2c(F)cccc2Cl)CC1. The van der Waals surface area contributed by atoms with Gasteiger partial charge < -0.3 is 10.2 Å². The van der Waals surface area contributed by atoms with Crippen LogP contribution in [0, 0.1) is 5.82 Å². The molecule has 2 fully saturated rings. The summed E-state index contributed by atoms with van der Waals surface area (Å²) in [5.74, 6) is 2.10. The number of hydrogen-bond acceptors (Lipinski definition) is 4. The maximum Gasteiger partial charge on any atom is 0.224 e. The van der Waals surface area contributed by atoms with Crippen molar-refractivity contribution in [2.45, 2.75) is 19.0 Å². The lowest BCUT2D eigenvalue weighted by atomic mass is 10.1. The third kappa shape index (κ3) is 6.43. The summed E-state index contributed by atoms with van der Waals surface area (Å²) in [6.45, 7) is 4.39. The highest BCUT2D eigenvalue weighted by molar-refractivity contribution is 7.99. The van der Waals surface area contributed by atoms with Gasteiger partial charge in [0, 0.05) is 73.8 Å². The zero-order chi connectivity index (χ0) is 16.9. The fourth-order valence-corrected chi connectivity index (χ4v) is 4.32. The highest BCUT2D eigenvalue weighted by Gasteiger charge is 2.25. The summed E-state index contributed by atoms with van der Waals surface area (Å²) in [6.07, 6.45) is 0.576. The van der Waals surface area contributed by atoms with Crippen molar-refractivity contribution in [1.82, 2.24) is 15.1 Å².